The molecule has 1 unspecified atom stereocenters. The molecule has 0 fully saturated rings. The molecule has 0 spiro atoms. The van der Waals surface area contributed by atoms with Crippen LogP contribution < -0.4 is 5.73 Å². The Balaban J connectivity index is 4.02. The Morgan fingerprint density at radius 1 is 1.47 bits per heavy atom. The molecule has 1 atom stereocenters. The Kier molecular flexibility index (Phi) is 6.47. The fraction of sp³-hybridized carbons (Fsp3) is 0.385. The van der Waals surface area contributed by atoms with Gasteiger partial charge in [0.2, 0.25) is 0 Å². The summed E-state index contributed by atoms with van der Waals surface area (Å²) in [7, 11) is 0. The molecule has 0 amide bonds. The molecule has 0 rings (SSSR count). The summed E-state index contributed by atoms with van der Waals surface area (Å²) in [4.78, 5) is 0. The van der Waals surface area contributed by atoms with E-state index < -0.39 is 0 Å². The van der Waals surface area contributed by atoms with E-state index in [-0.39, 0.29) is 11.8 Å². The molecule has 0 aromatic heterocycles. The van der Waals surface area contributed by atoms with Crippen LogP contribution in [0.4, 0.5) is 0 Å². The van der Waals surface area contributed by atoms with Crippen LogP contribution in [-0.2, 0) is 0 Å². The Morgan fingerprint density at radius 2 is 2.07 bits per heavy atom. The minimum absolute atomic E-state index is 0.0620. The number of hydrogen-bond donors (Lipinski definition) is 2. The van der Waals surface area contributed by atoms with Gasteiger partial charge in [0.05, 0.1) is 0 Å². The lowest BCUT2D eigenvalue weighted by Gasteiger charge is -2.08. The monoisotopic (exact) mass is 207 g/mol. The van der Waals surface area contributed by atoms with Crippen molar-refractivity contribution in [1.29, 1.82) is 0 Å². The van der Waals surface area contributed by atoms with E-state index in [4.69, 9.17) is 5.73 Å². The molecule has 2 heteroatoms. The van der Waals surface area contributed by atoms with Crippen LogP contribution in [-0.4, -0.2) is 11.1 Å². The first-order chi connectivity index (χ1) is 6.99. The molecule has 0 bridgehead atoms. The SMILES string of the molecule is C=C/C(O)=C(C)\C=C/CCC(N)C(=C)C. The van der Waals surface area contributed by atoms with Crippen molar-refractivity contribution in [3.05, 3.63) is 48.3 Å². The van der Waals surface area contributed by atoms with Gasteiger partial charge in [0.15, 0.2) is 0 Å². The van der Waals surface area contributed by atoms with Gasteiger partial charge in [-0.3, -0.25) is 0 Å². The summed E-state index contributed by atoms with van der Waals surface area (Å²) in [5.74, 6) is 0.218. The summed E-state index contributed by atoms with van der Waals surface area (Å²) in [6.45, 7) is 11.1. The maximum atomic E-state index is 9.29. The summed E-state index contributed by atoms with van der Waals surface area (Å²) >= 11 is 0. The number of nitrogens with two attached hydrogens (primary N) is 1. The van der Waals surface area contributed by atoms with Gasteiger partial charge in [-0.15, -0.1) is 0 Å². The van der Waals surface area contributed by atoms with Crippen LogP contribution in [0.1, 0.15) is 26.7 Å². The molecule has 0 aromatic carbocycles. The Bertz CT molecular complexity index is 287. The van der Waals surface area contributed by atoms with Crippen LogP contribution in [0.3, 0.4) is 0 Å². The normalized spacial score (nSPS) is 14.9. The highest BCUT2D eigenvalue weighted by Gasteiger charge is 1.99. The molecule has 2 nitrogen and oxygen atoms in total. The van der Waals surface area contributed by atoms with E-state index in [9.17, 15) is 5.11 Å². The lowest BCUT2D eigenvalue weighted by molar-refractivity contribution is 0.428. The number of rotatable bonds is 6. The molecule has 84 valence electrons. The zero-order valence-electron chi connectivity index (χ0n) is 9.66. The molecule has 0 aromatic rings. The molecule has 3 N–H and O–H groups in total. The van der Waals surface area contributed by atoms with Crippen LogP contribution in [0.2, 0.25) is 0 Å². The first kappa shape index (κ1) is 13.7. The second-order valence-corrected chi connectivity index (χ2v) is 3.70. The van der Waals surface area contributed by atoms with Crippen molar-refractivity contribution < 1.29 is 5.11 Å². The highest BCUT2D eigenvalue weighted by atomic mass is 16.3. The summed E-state index contributed by atoms with van der Waals surface area (Å²) < 4.78 is 0. The zero-order valence-corrected chi connectivity index (χ0v) is 9.66. The molecule has 0 heterocycles. The van der Waals surface area contributed by atoms with Gasteiger partial charge in [0, 0.05) is 6.04 Å². The highest BCUT2D eigenvalue weighted by Crippen LogP contribution is 2.07. The Morgan fingerprint density at radius 3 is 2.53 bits per heavy atom. The number of allylic oxidation sites excluding steroid dienone is 4. The summed E-state index contributed by atoms with van der Waals surface area (Å²) in [5, 5.41) is 9.29. The van der Waals surface area contributed by atoms with E-state index in [2.05, 4.69) is 13.2 Å². The van der Waals surface area contributed by atoms with E-state index in [1.54, 1.807) is 0 Å². The van der Waals surface area contributed by atoms with Crippen molar-refractivity contribution in [3.63, 3.8) is 0 Å². The van der Waals surface area contributed by atoms with Crippen molar-refractivity contribution in [3.8, 4) is 0 Å². The first-order valence-corrected chi connectivity index (χ1v) is 5.08. The van der Waals surface area contributed by atoms with Gasteiger partial charge in [-0.2, -0.15) is 0 Å². The van der Waals surface area contributed by atoms with Gasteiger partial charge < -0.3 is 10.8 Å². The van der Waals surface area contributed by atoms with Crippen molar-refractivity contribution in [1.82, 2.24) is 0 Å². The molecule has 15 heavy (non-hydrogen) atoms. The molecule has 0 aliphatic rings. The number of aliphatic hydroxyl groups excluding tert-OH is 1. The predicted molar refractivity (Wildman–Crippen MR) is 66.7 cm³/mol. The van der Waals surface area contributed by atoms with Gasteiger partial charge in [-0.1, -0.05) is 30.9 Å². The largest absolute Gasteiger partial charge is 0.508 e. The third-order valence-corrected chi connectivity index (χ3v) is 2.24. The molecule has 0 saturated heterocycles. The van der Waals surface area contributed by atoms with Crippen molar-refractivity contribution >= 4 is 0 Å². The van der Waals surface area contributed by atoms with E-state index in [1.807, 2.05) is 26.0 Å². The second kappa shape index (κ2) is 7.07. The second-order valence-electron chi connectivity index (χ2n) is 3.70. The van der Waals surface area contributed by atoms with Crippen LogP contribution in [0.15, 0.2) is 48.3 Å². The Hall–Kier alpha value is -1.28. The summed E-state index contributed by atoms with van der Waals surface area (Å²) in [5.41, 5.74) is 7.63. The summed E-state index contributed by atoms with van der Waals surface area (Å²) in [6.07, 6.45) is 7.07. The van der Waals surface area contributed by atoms with Crippen LogP contribution >= 0.6 is 0 Å². The van der Waals surface area contributed by atoms with E-state index in [0.29, 0.717) is 0 Å². The van der Waals surface area contributed by atoms with Crippen LogP contribution in [0.25, 0.3) is 0 Å². The highest BCUT2D eigenvalue weighted by molar-refractivity contribution is 5.25. The average Bonchev–Trinajstić information content (AvgIpc) is 2.22. The van der Waals surface area contributed by atoms with Gasteiger partial charge >= 0.3 is 0 Å². The molecular formula is C13H21NO. The third-order valence-electron chi connectivity index (χ3n) is 2.24. The average molecular weight is 207 g/mol. The van der Waals surface area contributed by atoms with Crippen LogP contribution in [0, 0.1) is 0 Å². The molecule has 0 radical (unpaired) electrons. The quantitative estimate of drug-likeness (QED) is 0.399. The Labute approximate surface area is 92.5 Å². The van der Waals surface area contributed by atoms with Gasteiger partial charge in [-0.25, -0.2) is 0 Å². The maximum absolute atomic E-state index is 9.29. The molecule has 0 aliphatic heterocycles. The van der Waals surface area contributed by atoms with Gasteiger partial charge in [-0.05, 0) is 38.3 Å². The smallest absolute Gasteiger partial charge is 0.117 e. The lowest BCUT2D eigenvalue weighted by atomic mass is 10.1. The third kappa shape index (κ3) is 5.92. The fourth-order valence-corrected chi connectivity index (χ4v) is 1.03. The number of aliphatic hydroxyl groups is 1. The minimum atomic E-state index is 0.0620. The van der Waals surface area contributed by atoms with Crippen molar-refractivity contribution in [2.24, 2.45) is 5.73 Å². The minimum Gasteiger partial charge on any atom is -0.508 e. The van der Waals surface area contributed by atoms with Gasteiger partial charge in [0.1, 0.15) is 5.76 Å². The lowest BCUT2D eigenvalue weighted by Crippen LogP contribution is -2.19. The van der Waals surface area contributed by atoms with E-state index in [1.165, 1.54) is 6.08 Å². The number of hydrogen-bond acceptors (Lipinski definition) is 2. The molecule has 0 saturated carbocycles. The van der Waals surface area contributed by atoms with E-state index in [0.717, 1.165) is 24.0 Å². The van der Waals surface area contributed by atoms with Crippen LogP contribution in [0.5, 0.6) is 0 Å². The fourth-order valence-electron chi connectivity index (χ4n) is 1.03. The van der Waals surface area contributed by atoms with Crippen molar-refractivity contribution in [2.75, 3.05) is 0 Å². The molecule has 0 aliphatic carbocycles. The zero-order chi connectivity index (χ0) is 11.8. The van der Waals surface area contributed by atoms with E-state index >= 15 is 0 Å². The topological polar surface area (TPSA) is 46.2 Å². The summed E-state index contributed by atoms with van der Waals surface area (Å²) in [6, 6.07) is 0.0620. The van der Waals surface area contributed by atoms with Gasteiger partial charge in [0.25, 0.3) is 0 Å². The standard InChI is InChI=1S/C13H21NO/c1-5-13(15)11(4)8-6-7-9-12(14)10(2)3/h5-6,8,12,15H,1-2,7,9,14H2,3-4H3/b8-6-,13-11+. The molecular weight excluding hydrogens is 186 g/mol. The first-order valence-electron chi connectivity index (χ1n) is 5.08. The maximum Gasteiger partial charge on any atom is 0.117 e. The van der Waals surface area contributed by atoms with Crippen molar-refractivity contribution in [2.45, 2.75) is 32.7 Å². The predicted octanol–water partition coefficient (Wildman–Crippen LogP) is 3.24.